The molecule has 0 bridgehead atoms. The Hall–Kier alpha value is -0.341. The molecule has 2 rings (SSSR count). The van der Waals surface area contributed by atoms with Gasteiger partial charge >= 0.3 is 103 Å². The van der Waals surface area contributed by atoms with E-state index in [1.54, 1.807) is 0 Å². The first kappa shape index (κ1) is 12.1. The summed E-state index contributed by atoms with van der Waals surface area (Å²) in [7, 11) is 0. The third-order valence-electron chi connectivity index (χ3n) is 3.19. The van der Waals surface area contributed by atoms with Crippen LogP contribution in [0.25, 0.3) is 0 Å². The topological polar surface area (TPSA) is 40.5 Å². The fraction of sp³-hybridized carbons (Fsp3) is 0.538. The summed E-state index contributed by atoms with van der Waals surface area (Å²) in [6.07, 6.45) is 1.96. The summed E-state index contributed by atoms with van der Waals surface area (Å²) in [4.78, 5) is 0.228. The first-order valence-corrected chi connectivity index (χ1v) is 7.54. The number of aliphatic hydroxyl groups excluding tert-OH is 1. The van der Waals surface area contributed by atoms with Gasteiger partial charge in [0.05, 0.1) is 0 Å². The molecule has 0 heterocycles. The predicted molar refractivity (Wildman–Crippen MR) is 66.1 cm³/mol. The molecule has 0 radical (unpaired) electrons. The average Bonchev–Trinajstić information content (AvgIpc) is 2.26. The van der Waals surface area contributed by atoms with Crippen LogP contribution < -0.4 is 4.46 Å². The molecular formula is C13H18O2Se. The molecule has 1 aliphatic carbocycles. The van der Waals surface area contributed by atoms with Crippen LogP contribution in [0.3, 0.4) is 0 Å². The Morgan fingerprint density at radius 2 is 2.00 bits per heavy atom. The average molecular weight is 285 g/mol. The second kappa shape index (κ2) is 4.89. The van der Waals surface area contributed by atoms with Crippen molar-refractivity contribution in [2.45, 2.75) is 42.7 Å². The Kier molecular flexibility index (Phi) is 3.70. The van der Waals surface area contributed by atoms with Crippen molar-refractivity contribution in [2.24, 2.45) is 0 Å². The number of hydrogen-bond acceptors (Lipinski definition) is 2. The van der Waals surface area contributed by atoms with Crippen molar-refractivity contribution in [1.82, 2.24) is 0 Å². The second-order valence-corrected chi connectivity index (χ2v) is 7.38. The van der Waals surface area contributed by atoms with Crippen LogP contribution in [0.5, 0.6) is 0 Å². The first-order chi connectivity index (χ1) is 7.58. The zero-order valence-electron chi connectivity index (χ0n) is 9.47. The third kappa shape index (κ3) is 2.86. The van der Waals surface area contributed by atoms with Gasteiger partial charge in [0.25, 0.3) is 0 Å². The summed E-state index contributed by atoms with van der Waals surface area (Å²) in [5.41, 5.74) is -0.602. The summed E-state index contributed by atoms with van der Waals surface area (Å²) in [6, 6.07) is 10.3. The van der Waals surface area contributed by atoms with Crippen molar-refractivity contribution >= 4 is 19.4 Å². The molecule has 1 aromatic carbocycles. The van der Waals surface area contributed by atoms with E-state index in [0.717, 1.165) is 12.8 Å². The summed E-state index contributed by atoms with van der Waals surface area (Å²) < 4.78 is 1.30. The van der Waals surface area contributed by atoms with Crippen molar-refractivity contribution in [3.05, 3.63) is 30.3 Å². The van der Waals surface area contributed by atoms with E-state index >= 15 is 0 Å². The van der Waals surface area contributed by atoms with Gasteiger partial charge in [0.15, 0.2) is 0 Å². The Morgan fingerprint density at radius 1 is 1.31 bits per heavy atom. The molecule has 3 atom stereocenters. The van der Waals surface area contributed by atoms with Crippen molar-refractivity contribution in [1.29, 1.82) is 0 Å². The molecule has 3 heteroatoms. The molecule has 0 spiro atoms. The Balaban J connectivity index is 2.07. The van der Waals surface area contributed by atoms with E-state index < -0.39 is 5.60 Å². The standard InChI is InChI=1S/C13H18O2Se/c1-13(15)8-7-10(14)9-12(13)16-11-5-3-2-4-6-11/h2-6,10,12,14-15H,7-9H2,1H3/t10-,12+,13+/m1/s1. The van der Waals surface area contributed by atoms with Crippen LogP contribution in [-0.2, 0) is 0 Å². The van der Waals surface area contributed by atoms with Crippen molar-refractivity contribution in [3.8, 4) is 0 Å². The van der Waals surface area contributed by atoms with Crippen LogP contribution >= 0.6 is 0 Å². The third-order valence-corrected chi connectivity index (χ3v) is 6.39. The predicted octanol–water partition coefficient (Wildman–Crippen LogP) is 1.10. The van der Waals surface area contributed by atoms with Gasteiger partial charge in [0.1, 0.15) is 0 Å². The number of benzene rings is 1. The van der Waals surface area contributed by atoms with Gasteiger partial charge in [-0.3, -0.25) is 0 Å². The normalized spacial score (nSPS) is 34.9. The SMILES string of the molecule is C[C@]1(O)CC[C@@H](O)C[C@@H]1[Se]c1ccccc1. The Bertz CT molecular complexity index is 337. The van der Waals surface area contributed by atoms with E-state index in [-0.39, 0.29) is 25.9 Å². The first-order valence-electron chi connectivity index (χ1n) is 5.70. The minimum atomic E-state index is -0.602. The zero-order chi connectivity index (χ0) is 11.6. The molecule has 16 heavy (non-hydrogen) atoms. The van der Waals surface area contributed by atoms with Gasteiger partial charge < -0.3 is 0 Å². The van der Waals surface area contributed by atoms with E-state index in [1.165, 1.54) is 4.46 Å². The molecule has 0 aromatic heterocycles. The van der Waals surface area contributed by atoms with Gasteiger partial charge in [0, 0.05) is 0 Å². The quantitative estimate of drug-likeness (QED) is 0.799. The monoisotopic (exact) mass is 286 g/mol. The zero-order valence-corrected chi connectivity index (χ0v) is 11.2. The molecule has 0 saturated heterocycles. The molecule has 2 N–H and O–H groups in total. The van der Waals surface area contributed by atoms with Crippen LogP contribution in [0.2, 0.25) is 4.82 Å². The summed E-state index contributed by atoms with van der Waals surface area (Å²) in [5, 5.41) is 20.0. The molecule has 1 saturated carbocycles. The van der Waals surface area contributed by atoms with E-state index in [4.69, 9.17) is 0 Å². The summed E-state index contributed by atoms with van der Waals surface area (Å²) in [6.45, 7) is 1.91. The Morgan fingerprint density at radius 3 is 2.69 bits per heavy atom. The Labute approximate surface area is 103 Å². The molecule has 2 nitrogen and oxygen atoms in total. The van der Waals surface area contributed by atoms with E-state index in [2.05, 4.69) is 12.1 Å². The molecule has 88 valence electrons. The molecule has 0 unspecified atom stereocenters. The molecule has 1 aliphatic rings. The summed E-state index contributed by atoms with van der Waals surface area (Å²) >= 11 is 0.242. The van der Waals surface area contributed by atoms with Crippen LogP contribution in [0, 0.1) is 0 Å². The van der Waals surface area contributed by atoms with Crippen LogP contribution in [0.15, 0.2) is 30.3 Å². The molecule has 0 aliphatic heterocycles. The van der Waals surface area contributed by atoms with Gasteiger partial charge in [-0.15, -0.1) is 0 Å². The van der Waals surface area contributed by atoms with Crippen LogP contribution in [0.1, 0.15) is 26.2 Å². The van der Waals surface area contributed by atoms with Crippen molar-refractivity contribution in [3.63, 3.8) is 0 Å². The van der Waals surface area contributed by atoms with Gasteiger partial charge in [-0.2, -0.15) is 0 Å². The van der Waals surface area contributed by atoms with Crippen molar-refractivity contribution < 1.29 is 10.2 Å². The number of rotatable bonds is 2. The number of hydrogen-bond donors (Lipinski definition) is 2. The minimum absolute atomic E-state index is 0.226. The van der Waals surface area contributed by atoms with E-state index in [9.17, 15) is 10.2 Å². The van der Waals surface area contributed by atoms with Crippen LogP contribution in [-0.4, -0.2) is 36.9 Å². The summed E-state index contributed by atoms with van der Waals surface area (Å²) in [5.74, 6) is 0. The molecule has 1 fully saturated rings. The maximum atomic E-state index is 10.3. The van der Waals surface area contributed by atoms with Crippen molar-refractivity contribution in [2.75, 3.05) is 0 Å². The van der Waals surface area contributed by atoms with Crippen LogP contribution in [0.4, 0.5) is 0 Å². The van der Waals surface area contributed by atoms with Gasteiger partial charge in [0.2, 0.25) is 0 Å². The van der Waals surface area contributed by atoms with Gasteiger partial charge in [-0.05, 0) is 0 Å². The van der Waals surface area contributed by atoms with Gasteiger partial charge in [-0.25, -0.2) is 0 Å². The van der Waals surface area contributed by atoms with E-state index in [0.29, 0.717) is 6.42 Å². The molecular weight excluding hydrogens is 267 g/mol. The molecule has 0 amide bonds. The fourth-order valence-electron chi connectivity index (χ4n) is 2.08. The maximum absolute atomic E-state index is 10.3. The second-order valence-electron chi connectivity index (χ2n) is 4.70. The molecule has 1 aromatic rings. The number of aliphatic hydroxyl groups is 2. The van der Waals surface area contributed by atoms with Gasteiger partial charge in [-0.1, -0.05) is 0 Å². The fourth-order valence-corrected chi connectivity index (χ4v) is 4.87. The van der Waals surface area contributed by atoms with E-state index in [1.807, 2.05) is 25.1 Å².